The number of aromatic nitrogens is 1. The number of rotatable bonds is 6. The molecular formula is C12H22FN. The summed E-state index contributed by atoms with van der Waals surface area (Å²) < 4.78 is 2.40. The van der Waals surface area contributed by atoms with Crippen LogP contribution in [0.25, 0.3) is 0 Å². The maximum absolute atomic E-state index is 2.40. The molecule has 14 heavy (non-hydrogen) atoms. The van der Waals surface area contributed by atoms with E-state index in [0.717, 1.165) is 0 Å². The lowest BCUT2D eigenvalue weighted by molar-refractivity contribution is 0.583. The van der Waals surface area contributed by atoms with Crippen LogP contribution in [0.2, 0.25) is 0 Å². The molecule has 0 N–H and O–H groups in total. The van der Waals surface area contributed by atoms with E-state index in [-0.39, 0.29) is 4.70 Å². The second kappa shape index (κ2) is 7.60. The summed E-state index contributed by atoms with van der Waals surface area (Å²) in [6, 6.07) is 4.41. The highest BCUT2D eigenvalue weighted by molar-refractivity contribution is 5.07. The zero-order valence-electron chi connectivity index (χ0n) is 9.33. The average molecular weight is 199 g/mol. The number of nitrogens with zero attached hydrogens (tertiary/aromatic N) is 1. The minimum absolute atomic E-state index is 0. The minimum atomic E-state index is 0. The van der Waals surface area contributed by atoms with E-state index in [0.29, 0.717) is 0 Å². The summed E-state index contributed by atoms with van der Waals surface area (Å²) in [5, 5.41) is 0. The largest absolute Gasteiger partial charge is 0.351 e. The molecule has 0 aliphatic rings. The highest BCUT2D eigenvalue weighted by atomic mass is 19.0. The average Bonchev–Trinajstić information content (AvgIpc) is 2.54. The quantitative estimate of drug-likeness (QED) is 0.614. The van der Waals surface area contributed by atoms with Crippen LogP contribution in [0.15, 0.2) is 18.3 Å². The molecular weight excluding hydrogens is 177 g/mol. The Labute approximate surface area is 86.5 Å². The Bertz CT molecular complexity index is 230. The van der Waals surface area contributed by atoms with E-state index in [9.17, 15) is 0 Å². The van der Waals surface area contributed by atoms with E-state index >= 15 is 0 Å². The van der Waals surface area contributed by atoms with Crippen molar-refractivity contribution in [3.05, 3.63) is 24.0 Å². The molecule has 0 saturated carbocycles. The van der Waals surface area contributed by atoms with Gasteiger partial charge in [-0.3, -0.25) is 4.70 Å². The van der Waals surface area contributed by atoms with Crippen LogP contribution in [0.4, 0.5) is 4.70 Å². The molecule has 2 heteroatoms. The number of aryl methyl sites for hydroxylation is 2. The zero-order valence-corrected chi connectivity index (χ0v) is 9.33. The molecule has 0 saturated heterocycles. The molecule has 0 unspecified atom stereocenters. The lowest BCUT2D eigenvalue weighted by Crippen LogP contribution is -2.01. The van der Waals surface area contributed by atoms with Gasteiger partial charge in [0.2, 0.25) is 0 Å². The standard InChI is InChI=1S/C12H21N.FH/c1-3-5-6-10-13-11-7-9-12(13)8-4-2;/h7,9,11H,3-6,8,10H2,1-2H3;1H. The van der Waals surface area contributed by atoms with Gasteiger partial charge < -0.3 is 4.57 Å². The molecule has 0 amide bonds. The molecule has 0 bridgehead atoms. The predicted octanol–water partition coefficient (Wildman–Crippen LogP) is 3.78. The van der Waals surface area contributed by atoms with Crippen molar-refractivity contribution in [3.63, 3.8) is 0 Å². The third-order valence-electron chi connectivity index (χ3n) is 2.43. The molecule has 0 fully saturated rings. The van der Waals surface area contributed by atoms with Gasteiger partial charge in [0.15, 0.2) is 0 Å². The van der Waals surface area contributed by atoms with E-state index in [2.05, 4.69) is 36.7 Å². The Morgan fingerprint density at radius 2 is 1.93 bits per heavy atom. The first-order chi connectivity index (χ1) is 6.38. The summed E-state index contributed by atoms with van der Waals surface area (Å²) in [6.07, 6.45) is 8.66. The van der Waals surface area contributed by atoms with Gasteiger partial charge in [0.1, 0.15) is 0 Å². The van der Waals surface area contributed by atoms with Gasteiger partial charge in [-0.1, -0.05) is 33.1 Å². The topological polar surface area (TPSA) is 4.93 Å². The fourth-order valence-electron chi connectivity index (χ4n) is 1.68. The molecule has 1 nitrogen and oxygen atoms in total. The van der Waals surface area contributed by atoms with Crippen molar-refractivity contribution >= 4 is 0 Å². The highest BCUT2D eigenvalue weighted by Crippen LogP contribution is 2.07. The molecule has 1 rings (SSSR count). The first kappa shape index (κ1) is 13.2. The fraction of sp³-hybridized carbons (Fsp3) is 0.667. The predicted molar refractivity (Wildman–Crippen MR) is 60.5 cm³/mol. The Kier molecular flexibility index (Phi) is 7.17. The smallest absolute Gasteiger partial charge is 0.0222 e. The van der Waals surface area contributed by atoms with Crippen molar-refractivity contribution in [2.75, 3.05) is 0 Å². The summed E-state index contributed by atoms with van der Waals surface area (Å²) in [5.74, 6) is 0. The summed E-state index contributed by atoms with van der Waals surface area (Å²) >= 11 is 0. The van der Waals surface area contributed by atoms with Gasteiger partial charge >= 0.3 is 0 Å². The van der Waals surface area contributed by atoms with E-state index in [1.165, 1.54) is 44.3 Å². The summed E-state index contributed by atoms with van der Waals surface area (Å²) in [5.41, 5.74) is 1.50. The molecule has 1 aromatic rings. The number of halogens is 1. The van der Waals surface area contributed by atoms with Crippen molar-refractivity contribution in [2.24, 2.45) is 0 Å². The van der Waals surface area contributed by atoms with Crippen LogP contribution in [0, 0.1) is 0 Å². The molecule has 0 aromatic carbocycles. The van der Waals surface area contributed by atoms with Crippen molar-refractivity contribution in [2.45, 2.75) is 52.5 Å². The van der Waals surface area contributed by atoms with Gasteiger partial charge in [-0.05, 0) is 25.0 Å². The van der Waals surface area contributed by atoms with Crippen molar-refractivity contribution < 1.29 is 4.70 Å². The van der Waals surface area contributed by atoms with Crippen LogP contribution in [-0.4, -0.2) is 4.57 Å². The second-order valence-corrected chi connectivity index (χ2v) is 3.65. The summed E-state index contributed by atoms with van der Waals surface area (Å²) in [7, 11) is 0. The monoisotopic (exact) mass is 199 g/mol. The number of unbranched alkanes of at least 4 members (excludes halogenated alkanes) is 2. The molecule has 0 aliphatic carbocycles. The van der Waals surface area contributed by atoms with Crippen molar-refractivity contribution in [1.29, 1.82) is 0 Å². The van der Waals surface area contributed by atoms with Gasteiger partial charge in [-0.15, -0.1) is 0 Å². The molecule has 0 spiro atoms. The number of hydrogen-bond donors (Lipinski definition) is 0. The van der Waals surface area contributed by atoms with Gasteiger partial charge in [0, 0.05) is 18.4 Å². The minimum Gasteiger partial charge on any atom is -0.351 e. The molecule has 1 heterocycles. The van der Waals surface area contributed by atoms with Crippen LogP contribution in [-0.2, 0) is 13.0 Å². The summed E-state index contributed by atoms with van der Waals surface area (Å²) in [6.45, 7) is 5.70. The zero-order chi connectivity index (χ0) is 9.52. The second-order valence-electron chi connectivity index (χ2n) is 3.65. The maximum atomic E-state index is 2.40. The van der Waals surface area contributed by atoms with Crippen LogP contribution >= 0.6 is 0 Å². The Balaban J connectivity index is 0.00000169. The first-order valence-electron chi connectivity index (χ1n) is 5.52. The third-order valence-corrected chi connectivity index (χ3v) is 2.43. The normalized spacial score (nSPS) is 9.86. The maximum Gasteiger partial charge on any atom is 0.0222 e. The molecule has 82 valence electrons. The molecule has 0 aliphatic heterocycles. The number of hydrogen-bond acceptors (Lipinski definition) is 0. The van der Waals surface area contributed by atoms with Crippen molar-refractivity contribution in [3.8, 4) is 0 Å². The van der Waals surface area contributed by atoms with E-state index in [1.54, 1.807) is 0 Å². The molecule has 1 aromatic heterocycles. The van der Waals surface area contributed by atoms with Crippen LogP contribution in [0.3, 0.4) is 0 Å². The van der Waals surface area contributed by atoms with Gasteiger partial charge in [0.05, 0.1) is 0 Å². The fourth-order valence-corrected chi connectivity index (χ4v) is 1.68. The van der Waals surface area contributed by atoms with Crippen LogP contribution in [0.5, 0.6) is 0 Å². The highest BCUT2D eigenvalue weighted by Gasteiger charge is 1.98. The van der Waals surface area contributed by atoms with Gasteiger partial charge in [0.25, 0.3) is 0 Å². The summed E-state index contributed by atoms with van der Waals surface area (Å²) in [4.78, 5) is 0. The van der Waals surface area contributed by atoms with Crippen molar-refractivity contribution in [1.82, 2.24) is 4.57 Å². The SMILES string of the molecule is CCCCCn1cccc1CCC.F. The Morgan fingerprint density at radius 1 is 1.14 bits per heavy atom. The molecule has 0 radical (unpaired) electrons. The Hall–Kier alpha value is -0.790. The molecule has 0 atom stereocenters. The lowest BCUT2D eigenvalue weighted by Gasteiger charge is -2.07. The van der Waals surface area contributed by atoms with Crippen LogP contribution < -0.4 is 0 Å². The van der Waals surface area contributed by atoms with E-state index < -0.39 is 0 Å². The van der Waals surface area contributed by atoms with Crippen LogP contribution in [0.1, 0.15) is 45.2 Å². The van der Waals surface area contributed by atoms with E-state index in [1.807, 2.05) is 0 Å². The van der Waals surface area contributed by atoms with Gasteiger partial charge in [-0.2, -0.15) is 0 Å². The lowest BCUT2D eigenvalue weighted by atomic mass is 10.2. The first-order valence-corrected chi connectivity index (χ1v) is 5.52. The van der Waals surface area contributed by atoms with Gasteiger partial charge in [-0.25, -0.2) is 0 Å². The third kappa shape index (κ3) is 3.95. The Morgan fingerprint density at radius 3 is 2.57 bits per heavy atom. The van der Waals surface area contributed by atoms with E-state index in [4.69, 9.17) is 0 Å².